The van der Waals surface area contributed by atoms with Gasteiger partial charge in [-0.2, -0.15) is 5.26 Å². The van der Waals surface area contributed by atoms with Gasteiger partial charge in [-0.1, -0.05) is 15.9 Å². The lowest BCUT2D eigenvalue weighted by atomic mass is 10.1. The van der Waals surface area contributed by atoms with Crippen molar-refractivity contribution < 1.29 is 4.79 Å². The number of carbonyl (C=O) groups is 1. The molecule has 4 nitrogen and oxygen atoms in total. The van der Waals surface area contributed by atoms with Gasteiger partial charge in [0.2, 0.25) is 0 Å². The van der Waals surface area contributed by atoms with Crippen molar-refractivity contribution in [1.29, 1.82) is 5.26 Å². The van der Waals surface area contributed by atoms with Crippen molar-refractivity contribution in [1.82, 2.24) is 0 Å². The van der Waals surface area contributed by atoms with E-state index in [9.17, 15) is 4.79 Å². The van der Waals surface area contributed by atoms with Crippen molar-refractivity contribution >= 4 is 33.2 Å². The monoisotopic (exact) mass is 315 g/mol. The molecular formula is C14H10BrN3O. The minimum absolute atomic E-state index is 0.246. The second-order valence-corrected chi connectivity index (χ2v) is 4.79. The van der Waals surface area contributed by atoms with E-state index in [4.69, 9.17) is 11.0 Å². The molecule has 0 unspecified atom stereocenters. The van der Waals surface area contributed by atoms with Gasteiger partial charge in [0.25, 0.3) is 5.91 Å². The summed E-state index contributed by atoms with van der Waals surface area (Å²) >= 11 is 3.31. The summed E-state index contributed by atoms with van der Waals surface area (Å²) in [5.41, 5.74) is 7.62. The average molecular weight is 316 g/mol. The first kappa shape index (κ1) is 13.1. The minimum atomic E-state index is -0.246. The van der Waals surface area contributed by atoms with E-state index < -0.39 is 0 Å². The number of nitrogens with two attached hydrogens (primary N) is 1. The molecule has 0 bridgehead atoms. The highest BCUT2D eigenvalue weighted by Gasteiger charge is 2.08. The summed E-state index contributed by atoms with van der Waals surface area (Å²) in [4.78, 5) is 12.0. The largest absolute Gasteiger partial charge is 0.397 e. The average Bonchev–Trinajstić information content (AvgIpc) is 2.41. The number of amides is 1. The number of halogens is 1. The summed E-state index contributed by atoms with van der Waals surface area (Å²) in [6, 6.07) is 13.7. The second-order valence-electron chi connectivity index (χ2n) is 3.87. The number of hydrogen-bond acceptors (Lipinski definition) is 3. The summed E-state index contributed by atoms with van der Waals surface area (Å²) in [7, 11) is 0. The first-order valence-electron chi connectivity index (χ1n) is 5.46. The zero-order valence-electron chi connectivity index (χ0n) is 9.85. The van der Waals surface area contributed by atoms with Crippen LogP contribution in [-0.4, -0.2) is 5.91 Å². The molecule has 0 radical (unpaired) electrons. The number of rotatable bonds is 2. The molecule has 19 heavy (non-hydrogen) atoms. The molecule has 3 N–H and O–H groups in total. The minimum Gasteiger partial charge on any atom is -0.397 e. The lowest BCUT2D eigenvalue weighted by Crippen LogP contribution is -2.13. The Labute approximate surface area is 119 Å². The quantitative estimate of drug-likeness (QED) is 0.835. The van der Waals surface area contributed by atoms with Crippen molar-refractivity contribution in [3.63, 3.8) is 0 Å². The Morgan fingerprint density at radius 1 is 1.21 bits per heavy atom. The van der Waals surface area contributed by atoms with E-state index in [2.05, 4.69) is 21.2 Å². The number of nitrogen functional groups attached to an aromatic ring is 1. The van der Waals surface area contributed by atoms with Gasteiger partial charge in [-0.3, -0.25) is 4.79 Å². The zero-order chi connectivity index (χ0) is 13.8. The fraction of sp³-hybridized carbons (Fsp3) is 0. The Hall–Kier alpha value is -2.32. The molecule has 0 aliphatic carbocycles. The maximum absolute atomic E-state index is 12.0. The molecule has 94 valence electrons. The molecule has 0 aromatic heterocycles. The van der Waals surface area contributed by atoms with Gasteiger partial charge in [0, 0.05) is 10.0 Å². The number of nitrogens with one attached hydrogen (secondary N) is 1. The van der Waals surface area contributed by atoms with Crippen LogP contribution in [0.15, 0.2) is 46.9 Å². The normalized spacial score (nSPS) is 9.68. The molecule has 2 aromatic rings. The summed E-state index contributed by atoms with van der Waals surface area (Å²) in [6.45, 7) is 0. The standard InChI is InChI=1S/C14H10BrN3O/c15-11-4-2-10(3-5-11)14(19)18-13-6-1-9(8-16)7-12(13)17/h1-7H,17H2,(H,18,19). The number of nitriles is 1. The Kier molecular flexibility index (Phi) is 3.83. The third-order valence-electron chi connectivity index (χ3n) is 2.54. The number of carbonyl (C=O) groups excluding carboxylic acids is 1. The molecule has 0 atom stereocenters. The molecule has 0 aliphatic rings. The molecule has 0 heterocycles. The predicted molar refractivity (Wildman–Crippen MR) is 77.7 cm³/mol. The van der Waals surface area contributed by atoms with Crippen LogP contribution in [-0.2, 0) is 0 Å². The van der Waals surface area contributed by atoms with Gasteiger partial charge in [-0.05, 0) is 42.5 Å². The van der Waals surface area contributed by atoms with E-state index >= 15 is 0 Å². The van der Waals surface area contributed by atoms with Gasteiger partial charge < -0.3 is 11.1 Å². The third kappa shape index (κ3) is 3.12. The Morgan fingerprint density at radius 3 is 2.47 bits per heavy atom. The SMILES string of the molecule is N#Cc1ccc(NC(=O)c2ccc(Br)cc2)c(N)c1. The molecule has 2 aromatic carbocycles. The molecule has 5 heteroatoms. The zero-order valence-corrected chi connectivity index (χ0v) is 11.4. The molecule has 0 aliphatic heterocycles. The van der Waals surface area contributed by atoms with E-state index in [0.29, 0.717) is 22.5 Å². The fourth-order valence-electron chi connectivity index (χ4n) is 1.54. The maximum Gasteiger partial charge on any atom is 0.255 e. The van der Waals surface area contributed by atoms with E-state index in [0.717, 1.165) is 4.47 Å². The highest BCUT2D eigenvalue weighted by atomic mass is 79.9. The Bertz CT molecular complexity index is 659. The van der Waals surface area contributed by atoms with Crippen molar-refractivity contribution in [3.05, 3.63) is 58.1 Å². The van der Waals surface area contributed by atoms with Crippen molar-refractivity contribution in [2.24, 2.45) is 0 Å². The van der Waals surface area contributed by atoms with Crippen LogP contribution in [0.3, 0.4) is 0 Å². The topological polar surface area (TPSA) is 78.9 Å². The van der Waals surface area contributed by atoms with Gasteiger partial charge in [0.1, 0.15) is 0 Å². The second kappa shape index (κ2) is 5.55. The Morgan fingerprint density at radius 2 is 1.89 bits per heavy atom. The first-order valence-corrected chi connectivity index (χ1v) is 6.26. The molecule has 2 rings (SSSR count). The van der Waals surface area contributed by atoms with E-state index in [-0.39, 0.29) is 5.91 Å². The van der Waals surface area contributed by atoms with Crippen molar-refractivity contribution in [3.8, 4) is 6.07 Å². The smallest absolute Gasteiger partial charge is 0.255 e. The lowest BCUT2D eigenvalue weighted by molar-refractivity contribution is 0.102. The van der Waals surface area contributed by atoms with E-state index in [1.807, 2.05) is 6.07 Å². The van der Waals surface area contributed by atoms with Crippen LogP contribution in [0, 0.1) is 11.3 Å². The van der Waals surface area contributed by atoms with Crippen LogP contribution in [0.25, 0.3) is 0 Å². The highest BCUT2D eigenvalue weighted by Crippen LogP contribution is 2.20. The van der Waals surface area contributed by atoms with Crippen LogP contribution in [0.1, 0.15) is 15.9 Å². The van der Waals surface area contributed by atoms with Crippen molar-refractivity contribution in [2.75, 3.05) is 11.1 Å². The van der Waals surface area contributed by atoms with Gasteiger partial charge >= 0.3 is 0 Å². The van der Waals surface area contributed by atoms with Crippen LogP contribution in [0.4, 0.5) is 11.4 Å². The van der Waals surface area contributed by atoms with Gasteiger partial charge in [0.05, 0.1) is 23.0 Å². The summed E-state index contributed by atoms with van der Waals surface area (Å²) in [5.74, 6) is -0.246. The molecule has 0 saturated carbocycles. The maximum atomic E-state index is 12.0. The van der Waals surface area contributed by atoms with Gasteiger partial charge in [0.15, 0.2) is 0 Å². The molecule has 0 fully saturated rings. The lowest BCUT2D eigenvalue weighted by Gasteiger charge is -2.08. The first-order chi connectivity index (χ1) is 9.10. The van der Waals surface area contributed by atoms with Crippen LogP contribution in [0.2, 0.25) is 0 Å². The predicted octanol–water partition coefficient (Wildman–Crippen LogP) is 3.16. The summed E-state index contributed by atoms with van der Waals surface area (Å²) < 4.78 is 0.905. The number of benzene rings is 2. The molecule has 0 spiro atoms. The number of nitrogens with zero attached hydrogens (tertiary/aromatic N) is 1. The van der Waals surface area contributed by atoms with Gasteiger partial charge in [-0.15, -0.1) is 0 Å². The van der Waals surface area contributed by atoms with E-state index in [1.54, 1.807) is 36.4 Å². The van der Waals surface area contributed by atoms with Gasteiger partial charge in [-0.25, -0.2) is 0 Å². The van der Waals surface area contributed by atoms with E-state index in [1.165, 1.54) is 6.07 Å². The van der Waals surface area contributed by atoms with Crippen molar-refractivity contribution in [2.45, 2.75) is 0 Å². The molecular weight excluding hydrogens is 306 g/mol. The third-order valence-corrected chi connectivity index (χ3v) is 3.06. The highest BCUT2D eigenvalue weighted by molar-refractivity contribution is 9.10. The Balaban J connectivity index is 2.20. The van der Waals surface area contributed by atoms with Crippen LogP contribution in [0.5, 0.6) is 0 Å². The van der Waals surface area contributed by atoms with Crippen LogP contribution < -0.4 is 11.1 Å². The summed E-state index contributed by atoms with van der Waals surface area (Å²) in [5, 5.41) is 11.5. The number of hydrogen-bond donors (Lipinski definition) is 2. The number of anilines is 2. The van der Waals surface area contributed by atoms with Crippen LogP contribution >= 0.6 is 15.9 Å². The summed E-state index contributed by atoms with van der Waals surface area (Å²) in [6.07, 6.45) is 0. The fourth-order valence-corrected chi connectivity index (χ4v) is 1.81. The molecule has 1 amide bonds. The molecule has 0 saturated heterocycles.